The van der Waals surface area contributed by atoms with Crippen molar-refractivity contribution in [3.8, 4) is 0 Å². The molecule has 1 aliphatic heterocycles. The summed E-state index contributed by atoms with van der Waals surface area (Å²) >= 11 is 1.60. The lowest BCUT2D eigenvalue weighted by molar-refractivity contribution is 0.203. The van der Waals surface area contributed by atoms with Gasteiger partial charge >= 0.3 is 0 Å². The average Bonchev–Trinajstić information content (AvgIpc) is 3.24. The lowest BCUT2D eigenvalue weighted by Crippen LogP contribution is -2.32. The molecule has 8 heteroatoms. The second kappa shape index (κ2) is 7.51. The Morgan fingerprint density at radius 1 is 1.23 bits per heavy atom. The van der Waals surface area contributed by atoms with Crippen LogP contribution in [0.2, 0.25) is 0 Å². The third-order valence-electron chi connectivity index (χ3n) is 4.71. The SMILES string of the molecule is Cc1csc(Nc2nccnc2C2CCN(Cc3cnn(C)c3)CC2)n1. The van der Waals surface area contributed by atoms with Crippen molar-refractivity contribution in [1.29, 1.82) is 0 Å². The molecule has 1 aliphatic rings. The minimum Gasteiger partial charge on any atom is -0.315 e. The third-order valence-corrected chi connectivity index (χ3v) is 5.59. The molecule has 7 nitrogen and oxygen atoms in total. The lowest BCUT2D eigenvalue weighted by Gasteiger charge is -2.31. The number of nitrogens with one attached hydrogen (secondary N) is 1. The first kappa shape index (κ1) is 17.1. The van der Waals surface area contributed by atoms with Crippen molar-refractivity contribution >= 4 is 22.3 Å². The van der Waals surface area contributed by atoms with Crippen LogP contribution in [0.5, 0.6) is 0 Å². The number of thiazole rings is 1. The maximum Gasteiger partial charge on any atom is 0.188 e. The molecule has 0 amide bonds. The Hall–Kier alpha value is -2.32. The van der Waals surface area contributed by atoms with E-state index in [9.17, 15) is 0 Å². The Morgan fingerprint density at radius 2 is 2.04 bits per heavy atom. The van der Waals surface area contributed by atoms with E-state index in [1.54, 1.807) is 23.7 Å². The van der Waals surface area contributed by atoms with Crippen LogP contribution in [0.25, 0.3) is 0 Å². The molecule has 0 aromatic carbocycles. The number of aromatic nitrogens is 5. The number of nitrogens with zero attached hydrogens (tertiary/aromatic N) is 6. The van der Waals surface area contributed by atoms with Crippen LogP contribution >= 0.6 is 11.3 Å². The number of anilines is 2. The van der Waals surface area contributed by atoms with Crippen LogP contribution in [-0.2, 0) is 13.6 Å². The topological polar surface area (TPSA) is 71.8 Å². The van der Waals surface area contributed by atoms with E-state index in [0.29, 0.717) is 5.92 Å². The molecule has 0 aliphatic carbocycles. The van der Waals surface area contributed by atoms with Gasteiger partial charge in [-0.1, -0.05) is 0 Å². The van der Waals surface area contributed by atoms with Crippen LogP contribution in [0.3, 0.4) is 0 Å². The first-order chi connectivity index (χ1) is 12.7. The molecule has 0 spiro atoms. The molecule has 0 unspecified atom stereocenters. The van der Waals surface area contributed by atoms with Crippen molar-refractivity contribution < 1.29 is 0 Å². The molecule has 0 atom stereocenters. The monoisotopic (exact) mass is 369 g/mol. The minimum atomic E-state index is 0.428. The quantitative estimate of drug-likeness (QED) is 0.745. The average molecular weight is 369 g/mol. The summed E-state index contributed by atoms with van der Waals surface area (Å²) in [6.45, 7) is 5.08. The normalized spacial score (nSPS) is 16.1. The van der Waals surface area contributed by atoms with E-state index in [1.807, 2.05) is 30.2 Å². The standard InChI is InChI=1S/C18H23N7S/c1-13-12-26-18(22-13)23-17-16(19-5-6-20-17)15-3-7-25(8-4-15)11-14-9-21-24(2)10-14/h5-6,9-10,12,15H,3-4,7-8,11H2,1-2H3,(H,20,22,23). The van der Waals surface area contributed by atoms with Crippen LogP contribution in [0.1, 0.15) is 35.7 Å². The van der Waals surface area contributed by atoms with Gasteiger partial charge in [0.25, 0.3) is 0 Å². The van der Waals surface area contributed by atoms with Crippen molar-refractivity contribution in [3.63, 3.8) is 0 Å². The number of piperidine rings is 1. The third kappa shape index (κ3) is 3.91. The summed E-state index contributed by atoms with van der Waals surface area (Å²) in [6, 6.07) is 0. The summed E-state index contributed by atoms with van der Waals surface area (Å²) in [5, 5.41) is 10.5. The van der Waals surface area contributed by atoms with Gasteiger partial charge in [-0.15, -0.1) is 11.3 Å². The Bertz CT molecular complexity index is 864. The van der Waals surface area contributed by atoms with E-state index in [4.69, 9.17) is 0 Å². The Morgan fingerprint density at radius 3 is 2.73 bits per heavy atom. The van der Waals surface area contributed by atoms with Gasteiger partial charge in [-0.25, -0.2) is 9.97 Å². The molecule has 4 rings (SSSR count). The van der Waals surface area contributed by atoms with Crippen molar-refractivity contribution in [2.24, 2.45) is 7.05 Å². The summed E-state index contributed by atoms with van der Waals surface area (Å²) in [4.78, 5) is 16.1. The number of aryl methyl sites for hydroxylation is 2. The lowest BCUT2D eigenvalue weighted by atomic mass is 9.93. The predicted octanol–water partition coefficient (Wildman–Crippen LogP) is 3.10. The smallest absolute Gasteiger partial charge is 0.188 e. The molecule has 4 heterocycles. The summed E-state index contributed by atoms with van der Waals surface area (Å²) in [6.07, 6.45) is 9.74. The molecular weight excluding hydrogens is 346 g/mol. The predicted molar refractivity (Wildman–Crippen MR) is 103 cm³/mol. The first-order valence-electron chi connectivity index (χ1n) is 8.87. The molecule has 136 valence electrons. The van der Waals surface area contributed by atoms with Crippen LogP contribution in [-0.4, -0.2) is 42.7 Å². The highest BCUT2D eigenvalue weighted by Gasteiger charge is 2.24. The van der Waals surface area contributed by atoms with Crippen molar-refractivity contribution in [2.75, 3.05) is 18.4 Å². The summed E-state index contributed by atoms with van der Waals surface area (Å²) in [7, 11) is 1.96. The van der Waals surface area contributed by atoms with Crippen molar-refractivity contribution in [2.45, 2.75) is 32.2 Å². The zero-order chi connectivity index (χ0) is 17.9. The molecule has 1 N–H and O–H groups in total. The number of hydrogen-bond donors (Lipinski definition) is 1. The summed E-state index contributed by atoms with van der Waals surface area (Å²) < 4.78 is 1.86. The van der Waals surface area contributed by atoms with Gasteiger partial charge in [0.15, 0.2) is 10.9 Å². The molecular formula is C18H23N7S. The highest BCUT2D eigenvalue weighted by atomic mass is 32.1. The van der Waals surface area contributed by atoms with E-state index >= 15 is 0 Å². The van der Waals surface area contributed by atoms with Crippen LogP contribution in [0.15, 0.2) is 30.2 Å². The molecule has 0 saturated carbocycles. The number of hydrogen-bond acceptors (Lipinski definition) is 7. The molecule has 3 aromatic rings. The van der Waals surface area contributed by atoms with Crippen molar-refractivity contribution in [3.05, 3.63) is 47.1 Å². The van der Waals surface area contributed by atoms with E-state index in [1.165, 1.54) is 5.56 Å². The molecule has 3 aromatic heterocycles. The number of likely N-dealkylation sites (tertiary alicyclic amines) is 1. The first-order valence-corrected chi connectivity index (χ1v) is 9.75. The van der Waals surface area contributed by atoms with Gasteiger partial charge in [0, 0.05) is 49.0 Å². The molecule has 1 saturated heterocycles. The van der Waals surface area contributed by atoms with Crippen LogP contribution in [0.4, 0.5) is 10.9 Å². The Labute approximate surface area is 157 Å². The maximum atomic E-state index is 4.64. The second-order valence-corrected chi connectivity index (χ2v) is 7.64. The van der Waals surface area contributed by atoms with Gasteiger partial charge in [0.05, 0.1) is 17.6 Å². The zero-order valence-electron chi connectivity index (χ0n) is 15.1. The van der Waals surface area contributed by atoms with Gasteiger partial charge in [-0.05, 0) is 32.9 Å². The Balaban J connectivity index is 1.41. The van der Waals surface area contributed by atoms with Gasteiger partial charge in [-0.3, -0.25) is 14.6 Å². The van der Waals surface area contributed by atoms with E-state index in [2.05, 4.69) is 36.5 Å². The summed E-state index contributed by atoms with van der Waals surface area (Å²) in [5.41, 5.74) is 3.35. The fraction of sp³-hybridized carbons (Fsp3) is 0.444. The largest absolute Gasteiger partial charge is 0.315 e. The highest BCUT2D eigenvalue weighted by Crippen LogP contribution is 2.32. The van der Waals surface area contributed by atoms with E-state index in [-0.39, 0.29) is 0 Å². The maximum absolute atomic E-state index is 4.64. The highest BCUT2D eigenvalue weighted by molar-refractivity contribution is 7.13. The van der Waals surface area contributed by atoms with E-state index in [0.717, 1.165) is 54.8 Å². The summed E-state index contributed by atoms with van der Waals surface area (Å²) in [5.74, 6) is 1.27. The van der Waals surface area contributed by atoms with Gasteiger partial charge in [0.1, 0.15) is 0 Å². The van der Waals surface area contributed by atoms with Crippen LogP contribution in [0, 0.1) is 6.92 Å². The van der Waals surface area contributed by atoms with Gasteiger partial charge in [0.2, 0.25) is 0 Å². The minimum absolute atomic E-state index is 0.428. The zero-order valence-corrected chi connectivity index (χ0v) is 15.9. The van der Waals surface area contributed by atoms with E-state index < -0.39 is 0 Å². The molecule has 0 bridgehead atoms. The fourth-order valence-electron chi connectivity index (χ4n) is 3.43. The van der Waals surface area contributed by atoms with Gasteiger partial charge < -0.3 is 5.32 Å². The van der Waals surface area contributed by atoms with Gasteiger partial charge in [-0.2, -0.15) is 5.10 Å². The van der Waals surface area contributed by atoms with Crippen molar-refractivity contribution in [1.82, 2.24) is 29.6 Å². The second-order valence-electron chi connectivity index (χ2n) is 6.78. The fourth-order valence-corrected chi connectivity index (χ4v) is 4.12. The molecule has 26 heavy (non-hydrogen) atoms. The number of rotatable bonds is 5. The molecule has 1 fully saturated rings. The van der Waals surface area contributed by atoms with Crippen LogP contribution < -0.4 is 5.32 Å². The molecule has 0 radical (unpaired) electrons. The Kier molecular flexibility index (Phi) is 4.94.